The first kappa shape index (κ1) is 11.2. The largest absolute Gasteiger partial charge is 0.387 e. The zero-order chi connectivity index (χ0) is 11.4. The van der Waals surface area contributed by atoms with E-state index in [0.29, 0.717) is 5.69 Å². The number of rotatable bonds is 4. The van der Waals surface area contributed by atoms with E-state index < -0.39 is 6.10 Å². The van der Waals surface area contributed by atoms with E-state index in [1.807, 2.05) is 37.3 Å². The fraction of sp³-hybridized carbons (Fsp3) is 0.333. The maximum atomic E-state index is 9.96. The highest BCUT2D eigenvalue weighted by Gasteiger charge is 2.17. The summed E-state index contributed by atoms with van der Waals surface area (Å²) in [6.07, 6.45) is 1.16. The molecule has 1 heterocycles. The van der Waals surface area contributed by atoms with Crippen molar-refractivity contribution in [3.8, 4) is 10.4 Å². The lowest BCUT2D eigenvalue weighted by molar-refractivity contribution is 0.162. The molecule has 16 heavy (non-hydrogen) atoms. The van der Waals surface area contributed by atoms with Gasteiger partial charge in [0.05, 0.1) is 11.0 Å². The Hall–Kier alpha value is -1.26. The van der Waals surface area contributed by atoms with Crippen LogP contribution in [-0.4, -0.2) is 14.7 Å². The fourth-order valence-corrected chi connectivity index (χ4v) is 2.34. The van der Waals surface area contributed by atoms with E-state index in [2.05, 4.69) is 9.59 Å². The third kappa shape index (κ3) is 2.28. The number of aromatic nitrogens is 2. The average molecular weight is 234 g/mol. The second-order valence-corrected chi connectivity index (χ2v) is 4.41. The maximum Gasteiger partial charge on any atom is 0.112 e. The number of hydrogen-bond donors (Lipinski definition) is 1. The van der Waals surface area contributed by atoms with Gasteiger partial charge in [-0.15, -0.1) is 5.10 Å². The standard InChI is InChI=1S/C12H14N2OS/c1-2-6-10(15)11-12(16-14-13-11)9-7-4-3-5-8-9/h3-5,7-8,10,15H,2,6H2,1H3. The molecule has 0 aliphatic rings. The third-order valence-corrected chi connectivity index (χ3v) is 3.22. The van der Waals surface area contributed by atoms with Gasteiger partial charge >= 0.3 is 0 Å². The molecule has 1 atom stereocenters. The van der Waals surface area contributed by atoms with E-state index in [1.165, 1.54) is 11.5 Å². The molecule has 0 amide bonds. The van der Waals surface area contributed by atoms with Crippen LogP contribution in [0.25, 0.3) is 10.4 Å². The summed E-state index contributed by atoms with van der Waals surface area (Å²) >= 11 is 1.34. The van der Waals surface area contributed by atoms with E-state index in [0.717, 1.165) is 23.3 Å². The van der Waals surface area contributed by atoms with Crippen LogP contribution in [0.1, 0.15) is 31.6 Å². The molecular formula is C12H14N2OS. The number of hydrogen-bond acceptors (Lipinski definition) is 4. The van der Waals surface area contributed by atoms with E-state index in [-0.39, 0.29) is 0 Å². The van der Waals surface area contributed by atoms with Gasteiger partial charge in [0.1, 0.15) is 5.69 Å². The fourth-order valence-electron chi connectivity index (χ4n) is 1.62. The van der Waals surface area contributed by atoms with Crippen LogP contribution in [0.2, 0.25) is 0 Å². The third-order valence-electron chi connectivity index (χ3n) is 2.43. The molecule has 2 rings (SSSR count). The van der Waals surface area contributed by atoms with Gasteiger partial charge in [0, 0.05) is 0 Å². The number of benzene rings is 1. The van der Waals surface area contributed by atoms with Crippen LogP contribution < -0.4 is 0 Å². The van der Waals surface area contributed by atoms with Gasteiger partial charge in [-0.2, -0.15) is 0 Å². The normalized spacial score (nSPS) is 12.6. The van der Waals surface area contributed by atoms with Gasteiger partial charge in [-0.25, -0.2) is 0 Å². The summed E-state index contributed by atoms with van der Waals surface area (Å²) in [6, 6.07) is 9.95. The van der Waals surface area contributed by atoms with Gasteiger partial charge in [0.25, 0.3) is 0 Å². The highest BCUT2D eigenvalue weighted by Crippen LogP contribution is 2.31. The molecule has 1 aromatic heterocycles. The Labute approximate surface area is 98.9 Å². The monoisotopic (exact) mass is 234 g/mol. The average Bonchev–Trinajstić information content (AvgIpc) is 2.79. The Kier molecular flexibility index (Phi) is 3.64. The van der Waals surface area contributed by atoms with Crippen LogP contribution in [0, 0.1) is 0 Å². The van der Waals surface area contributed by atoms with Crippen LogP contribution in [0.15, 0.2) is 30.3 Å². The van der Waals surface area contributed by atoms with Gasteiger partial charge in [0.2, 0.25) is 0 Å². The highest BCUT2D eigenvalue weighted by molar-refractivity contribution is 7.09. The van der Waals surface area contributed by atoms with Crippen LogP contribution in [0.4, 0.5) is 0 Å². The van der Waals surface area contributed by atoms with Gasteiger partial charge in [0.15, 0.2) is 0 Å². The summed E-state index contributed by atoms with van der Waals surface area (Å²) in [5.41, 5.74) is 1.78. The molecule has 1 N–H and O–H groups in total. The van der Waals surface area contributed by atoms with Crippen molar-refractivity contribution in [2.75, 3.05) is 0 Å². The quantitative estimate of drug-likeness (QED) is 0.884. The van der Waals surface area contributed by atoms with E-state index >= 15 is 0 Å². The van der Waals surface area contributed by atoms with Crippen molar-refractivity contribution in [3.05, 3.63) is 36.0 Å². The first-order chi connectivity index (χ1) is 7.83. The Morgan fingerprint density at radius 3 is 2.75 bits per heavy atom. The molecule has 0 aliphatic carbocycles. The smallest absolute Gasteiger partial charge is 0.112 e. The zero-order valence-corrected chi connectivity index (χ0v) is 9.94. The molecule has 0 saturated heterocycles. The second-order valence-electron chi connectivity index (χ2n) is 3.66. The molecule has 0 saturated carbocycles. The topological polar surface area (TPSA) is 46.0 Å². The zero-order valence-electron chi connectivity index (χ0n) is 9.13. The summed E-state index contributed by atoms with van der Waals surface area (Å²) in [4.78, 5) is 0.974. The molecule has 0 radical (unpaired) electrons. The minimum Gasteiger partial charge on any atom is -0.387 e. The summed E-state index contributed by atoms with van der Waals surface area (Å²) in [7, 11) is 0. The molecule has 2 aromatic rings. The lowest BCUT2D eigenvalue weighted by Crippen LogP contribution is -1.99. The van der Waals surface area contributed by atoms with Crippen LogP contribution in [-0.2, 0) is 0 Å². The van der Waals surface area contributed by atoms with Crippen LogP contribution in [0.3, 0.4) is 0 Å². The second kappa shape index (κ2) is 5.18. The van der Waals surface area contributed by atoms with Gasteiger partial charge < -0.3 is 5.11 Å². The first-order valence-corrected chi connectivity index (χ1v) is 6.16. The van der Waals surface area contributed by atoms with Crippen molar-refractivity contribution in [1.29, 1.82) is 0 Å². The molecule has 4 heteroatoms. The predicted octanol–water partition coefficient (Wildman–Crippen LogP) is 3.04. The molecule has 0 fully saturated rings. The van der Waals surface area contributed by atoms with Crippen molar-refractivity contribution in [2.24, 2.45) is 0 Å². The molecule has 1 aromatic carbocycles. The van der Waals surface area contributed by atoms with Crippen molar-refractivity contribution in [1.82, 2.24) is 9.59 Å². The molecule has 84 valence electrons. The maximum absolute atomic E-state index is 9.96. The van der Waals surface area contributed by atoms with Crippen molar-refractivity contribution < 1.29 is 5.11 Å². The Balaban J connectivity index is 2.33. The lowest BCUT2D eigenvalue weighted by atomic mass is 10.1. The van der Waals surface area contributed by atoms with E-state index in [9.17, 15) is 5.11 Å². The SMILES string of the molecule is CCCC(O)c1nnsc1-c1ccccc1. The highest BCUT2D eigenvalue weighted by atomic mass is 32.1. The van der Waals surface area contributed by atoms with E-state index in [1.54, 1.807) is 0 Å². The predicted molar refractivity (Wildman–Crippen MR) is 65.2 cm³/mol. The van der Waals surface area contributed by atoms with Crippen molar-refractivity contribution in [3.63, 3.8) is 0 Å². The molecular weight excluding hydrogens is 220 g/mol. The van der Waals surface area contributed by atoms with Crippen molar-refractivity contribution >= 4 is 11.5 Å². The minimum atomic E-state index is -0.501. The molecule has 1 unspecified atom stereocenters. The lowest BCUT2D eigenvalue weighted by Gasteiger charge is -2.07. The summed E-state index contributed by atoms with van der Waals surface area (Å²) in [6.45, 7) is 2.05. The summed E-state index contributed by atoms with van der Waals surface area (Å²) in [5, 5.41) is 14.0. The number of aliphatic hydroxyl groups excluding tert-OH is 1. The molecule has 3 nitrogen and oxygen atoms in total. The van der Waals surface area contributed by atoms with Gasteiger partial charge in [-0.05, 0) is 23.5 Å². The van der Waals surface area contributed by atoms with E-state index in [4.69, 9.17) is 0 Å². The first-order valence-electron chi connectivity index (χ1n) is 5.38. The summed E-state index contributed by atoms with van der Waals surface area (Å²) in [5.74, 6) is 0. The Morgan fingerprint density at radius 2 is 2.06 bits per heavy atom. The van der Waals surface area contributed by atoms with Crippen LogP contribution >= 0.6 is 11.5 Å². The minimum absolute atomic E-state index is 0.501. The number of aliphatic hydroxyl groups is 1. The molecule has 0 aliphatic heterocycles. The van der Waals surface area contributed by atoms with Crippen LogP contribution in [0.5, 0.6) is 0 Å². The Morgan fingerprint density at radius 1 is 1.31 bits per heavy atom. The number of nitrogens with zero attached hydrogens (tertiary/aromatic N) is 2. The summed E-state index contributed by atoms with van der Waals surface area (Å²) < 4.78 is 3.93. The van der Waals surface area contributed by atoms with Gasteiger partial charge in [-0.3, -0.25) is 0 Å². The molecule has 0 spiro atoms. The molecule has 0 bridgehead atoms. The Bertz CT molecular complexity index is 441. The van der Waals surface area contributed by atoms with Crippen molar-refractivity contribution in [2.45, 2.75) is 25.9 Å². The van der Waals surface area contributed by atoms with Gasteiger partial charge in [-0.1, -0.05) is 48.2 Å².